The molecule has 2 fully saturated rings. The standard InChI is InChI=1S/C15H30O3Si/c1-14(2,3)19(4,5)18-12-13-6-8-15(9-7-13)16-10-11-17-15/h13H,6-12H2,1-5H3. The van der Waals surface area contributed by atoms with Gasteiger partial charge in [-0.25, -0.2) is 0 Å². The highest BCUT2D eigenvalue weighted by Gasteiger charge is 2.42. The summed E-state index contributed by atoms with van der Waals surface area (Å²) in [6.45, 7) is 14.0. The number of ether oxygens (including phenoxy) is 2. The van der Waals surface area contributed by atoms with Gasteiger partial charge in [0.2, 0.25) is 0 Å². The SMILES string of the molecule is CC(C)(C)[Si](C)(C)OCC1CCC2(CC1)OCCO2. The van der Waals surface area contributed by atoms with Gasteiger partial charge in [-0.3, -0.25) is 0 Å². The van der Waals surface area contributed by atoms with E-state index in [1.165, 1.54) is 12.8 Å². The molecule has 0 N–H and O–H groups in total. The van der Waals surface area contributed by atoms with Crippen LogP contribution in [0.15, 0.2) is 0 Å². The Bertz CT molecular complexity index is 293. The molecule has 0 aromatic rings. The monoisotopic (exact) mass is 286 g/mol. The van der Waals surface area contributed by atoms with E-state index in [4.69, 9.17) is 13.9 Å². The van der Waals surface area contributed by atoms with Gasteiger partial charge in [0.15, 0.2) is 14.1 Å². The summed E-state index contributed by atoms with van der Waals surface area (Å²) in [5.74, 6) is 0.459. The molecule has 1 spiro atoms. The van der Waals surface area contributed by atoms with Crippen LogP contribution in [0.1, 0.15) is 46.5 Å². The Hall–Kier alpha value is 0.0969. The van der Waals surface area contributed by atoms with Crippen molar-refractivity contribution >= 4 is 8.32 Å². The lowest BCUT2D eigenvalue weighted by Crippen LogP contribution is -2.43. The fourth-order valence-corrected chi connectivity index (χ4v) is 3.70. The molecule has 112 valence electrons. The molecule has 0 aromatic carbocycles. The molecular formula is C15H30O3Si. The lowest BCUT2D eigenvalue weighted by molar-refractivity contribution is -0.183. The lowest BCUT2D eigenvalue weighted by Gasteiger charge is -2.39. The smallest absolute Gasteiger partial charge is 0.191 e. The summed E-state index contributed by atoms with van der Waals surface area (Å²) in [4.78, 5) is 0. The van der Waals surface area contributed by atoms with Gasteiger partial charge in [-0.15, -0.1) is 0 Å². The summed E-state index contributed by atoms with van der Waals surface area (Å²) in [6.07, 6.45) is 4.43. The molecule has 0 atom stereocenters. The van der Waals surface area contributed by atoms with Gasteiger partial charge in [0, 0.05) is 19.4 Å². The van der Waals surface area contributed by atoms with Crippen LogP contribution in [-0.4, -0.2) is 33.9 Å². The van der Waals surface area contributed by atoms with Crippen LogP contribution < -0.4 is 0 Å². The Balaban J connectivity index is 1.77. The van der Waals surface area contributed by atoms with Gasteiger partial charge in [-0.2, -0.15) is 0 Å². The summed E-state index contributed by atoms with van der Waals surface area (Å²) in [5.41, 5.74) is 0. The van der Waals surface area contributed by atoms with Crippen molar-refractivity contribution < 1.29 is 13.9 Å². The van der Waals surface area contributed by atoms with E-state index in [1.54, 1.807) is 0 Å². The minimum Gasteiger partial charge on any atom is -0.417 e. The van der Waals surface area contributed by atoms with Crippen molar-refractivity contribution in [2.75, 3.05) is 19.8 Å². The molecule has 19 heavy (non-hydrogen) atoms. The van der Waals surface area contributed by atoms with Gasteiger partial charge in [0.25, 0.3) is 0 Å². The average Bonchev–Trinajstić information content (AvgIpc) is 2.76. The molecule has 1 saturated carbocycles. The molecule has 0 bridgehead atoms. The van der Waals surface area contributed by atoms with Gasteiger partial charge in [0.1, 0.15) is 0 Å². The molecule has 0 amide bonds. The number of hydrogen-bond acceptors (Lipinski definition) is 3. The molecule has 2 aliphatic rings. The van der Waals surface area contributed by atoms with Crippen LogP contribution in [0.25, 0.3) is 0 Å². The fraction of sp³-hybridized carbons (Fsp3) is 1.00. The van der Waals surface area contributed by atoms with E-state index in [-0.39, 0.29) is 5.79 Å². The second kappa shape index (κ2) is 5.47. The maximum Gasteiger partial charge on any atom is 0.191 e. The first-order valence-electron chi connectivity index (χ1n) is 7.66. The average molecular weight is 286 g/mol. The first-order valence-corrected chi connectivity index (χ1v) is 10.6. The Morgan fingerprint density at radius 2 is 1.63 bits per heavy atom. The van der Waals surface area contributed by atoms with Crippen LogP contribution in [0.3, 0.4) is 0 Å². The molecule has 0 radical (unpaired) electrons. The van der Waals surface area contributed by atoms with Crippen LogP contribution in [0.5, 0.6) is 0 Å². The normalized spacial score (nSPS) is 25.1. The molecule has 1 saturated heterocycles. The largest absolute Gasteiger partial charge is 0.417 e. The maximum atomic E-state index is 6.34. The van der Waals surface area contributed by atoms with E-state index >= 15 is 0 Å². The number of hydrogen-bond donors (Lipinski definition) is 0. The zero-order chi connectivity index (χ0) is 14.1. The van der Waals surface area contributed by atoms with Gasteiger partial charge < -0.3 is 13.9 Å². The van der Waals surface area contributed by atoms with Crippen molar-refractivity contribution in [1.29, 1.82) is 0 Å². The number of rotatable bonds is 3. The zero-order valence-corrected chi connectivity index (χ0v) is 14.3. The molecule has 1 heterocycles. The quantitative estimate of drug-likeness (QED) is 0.735. The summed E-state index contributed by atoms with van der Waals surface area (Å²) in [5, 5.41) is 0.306. The first kappa shape index (κ1) is 15.5. The van der Waals surface area contributed by atoms with E-state index in [9.17, 15) is 0 Å². The van der Waals surface area contributed by atoms with Crippen molar-refractivity contribution in [1.82, 2.24) is 0 Å². The zero-order valence-electron chi connectivity index (χ0n) is 13.3. The molecular weight excluding hydrogens is 256 g/mol. The van der Waals surface area contributed by atoms with Crippen LogP contribution in [0.2, 0.25) is 18.1 Å². The van der Waals surface area contributed by atoms with Crippen LogP contribution in [-0.2, 0) is 13.9 Å². The molecule has 1 aliphatic carbocycles. The third-order valence-electron chi connectivity index (χ3n) is 5.17. The van der Waals surface area contributed by atoms with Crippen molar-refractivity contribution in [2.24, 2.45) is 5.92 Å². The third-order valence-corrected chi connectivity index (χ3v) is 9.67. The summed E-state index contributed by atoms with van der Waals surface area (Å²) in [6, 6.07) is 0. The van der Waals surface area contributed by atoms with E-state index < -0.39 is 8.32 Å². The van der Waals surface area contributed by atoms with E-state index in [1.807, 2.05) is 0 Å². The minimum absolute atomic E-state index is 0.229. The molecule has 0 aromatic heterocycles. The van der Waals surface area contributed by atoms with Gasteiger partial charge >= 0.3 is 0 Å². The first-order chi connectivity index (χ1) is 8.74. The Morgan fingerprint density at radius 3 is 2.11 bits per heavy atom. The minimum atomic E-state index is -1.59. The summed E-state index contributed by atoms with van der Waals surface area (Å²) >= 11 is 0. The Kier molecular flexibility index (Phi) is 4.46. The fourth-order valence-electron chi connectivity index (χ4n) is 2.61. The van der Waals surface area contributed by atoms with Crippen molar-refractivity contribution in [3.8, 4) is 0 Å². The van der Waals surface area contributed by atoms with Crippen LogP contribution in [0.4, 0.5) is 0 Å². The van der Waals surface area contributed by atoms with Crippen molar-refractivity contribution in [3.63, 3.8) is 0 Å². The molecule has 2 rings (SSSR count). The molecule has 4 heteroatoms. The summed E-state index contributed by atoms with van der Waals surface area (Å²) in [7, 11) is -1.59. The van der Waals surface area contributed by atoms with E-state index in [0.717, 1.165) is 32.7 Å². The van der Waals surface area contributed by atoms with Gasteiger partial charge in [0.05, 0.1) is 13.2 Å². The molecule has 3 nitrogen and oxygen atoms in total. The second-order valence-corrected chi connectivity index (χ2v) is 12.4. The van der Waals surface area contributed by atoms with E-state index in [2.05, 4.69) is 33.9 Å². The van der Waals surface area contributed by atoms with Gasteiger partial charge in [-0.05, 0) is 36.9 Å². The van der Waals surface area contributed by atoms with Crippen molar-refractivity contribution in [2.45, 2.75) is 70.4 Å². The van der Waals surface area contributed by atoms with Crippen molar-refractivity contribution in [3.05, 3.63) is 0 Å². The van der Waals surface area contributed by atoms with Gasteiger partial charge in [-0.1, -0.05) is 20.8 Å². The topological polar surface area (TPSA) is 27.7 Å². The van der Waals surface area contributed by atoms with E-state index in [0.29, 0.717) is 11.0 Å². The molecule has 0 unspecified atom stereocenters. The predicted molar refractivity (Wildman–Crippen MR) is 79.7 cm³/mol. The highest BCUT2D eigenvalue weighted by atomic mass is 28.4. The molecule has 1 aliphatic heterocycles. The predicted octanol–water partition coefficient (Wildman–Crippen LogP) is 3.94. The second-order valence-electron chi connectivity index (χ2n) is 7.62. The van der Waals surface area contributed by atoms with Crippen LogP contribution in [0, 0.1) is 5.92 Å². The summed E-state index contributed by atoms with van der Waals surface area (Å²) < 4.78 is 17.9. The lowest BCUT2D eigenvalue weighted by atomic mass is 9.86. The van der Waals surface area contributed by atoms with Crippen LogP contribution >= 0.6 is 0 Å². The third kappa shape index (κ3) is 3.60. The highest BCUT2D eigenvalue weighted by Crippen LogP contribution is 2.40. The highest BCUT2D eigenvalue weighted by molar-refractivity contribution is 6.74. The Labute approximate surface area is 119 Å². The maximum absolute atomic E-state index is 6.34. The Morgan fingerprint density at radius 1 is 1.11 bits per heavy atom.